The molecule has 1 aliphatic rings. The second-order valence-corrected chi connectivity index (χ2v) is 4.07. The molecule has 2 rings (SSSR count). The topological polar surface area (TPSA) is 49.7 Å². The van der Waals surface area contributed by atoms with Gasteiger partial charge in [-0.15, -0.1) is 0 Å². The zero-order valence-electron chi connectivity index (χ0n) is 9.01. The first kappa shape index (κ1) is 12.0. The van der Waals surface area contributed by atoms with E-state index in [0.29, 0.717) is 0 Å². The van der Waals surface area contributed by atoms with Crippen LogP contribution in [0.5, 0.6) is 11.5 Å². The summed E-state index contributed by atoms with van der Waals surface area (Å²) in [6, 6.07) is 1.84. The molecule has 0 unspecified atom stereocenters. The Labute approximate surface area is 95.4 Å². The van der Waals surface area contributed by atoms with Crippen LogP contribution in [0.15, 0.2) is 12.1 Å². The molecule has 2 N–H and O–H groups in total. The lowest BCUT2D eigenvalue weighted by Gasteiger charge is -2.19. The van der Waals surface area contributed by atoms with E-state index in [1.54, 1.807) is 0 Å². The van der Waals surface area contributed by atoms with E-state index in [1.807, 2.05) is 0 Å². The number of phenols is 1. The fourth-order valence-corrected chi connectivity index (χ4v) is 1.81. The Morgan fingerprint density at radius 2 is 1.88 bits per heavy atom. The molecule has 3 nitrogen and oxygen atoms in total. The molecule has 0 aromatic heterocycles. The standard InChI is InChI=1S/C11H11F3O3/c1-17-7-3-2-6(11(12,13)14)8(9(7)15)10(16)4-5-10/h2-3,15-16H,4-5H2,1H3. The molecule has 0 spiro atoms. The van der Waals surface area contributed by atoms with Crippen LogP contribution < -0.4 is 4.74 Å². The Morgan fingerprint density at radius 1 is 1.29 bits per heavy atom. The van der Waals surface area contributed by atoms with Crippen LogP contribution in [0.4, 0.5) is 13.2 Å². The maximum atomic E-state index is 12.8. The minimum absolute atomic E-state index is 0.0756. The van der Waals surface area contributed by atoms with Gasteiger partial charge in [-0.25, -0.2) is 0 Å². The van der Waals surface area contributed by atoms with Crippen LogP contribution in [0.3, 0.4) is 0 Å². The van der Waals surface area contributed by atoms with Gasteiger partial charge in [0.25, 0.3) is 0 Å². The smallest absolute Gasteiger partial charge is 0.416 e. The number of halogens is 3. The maximum absolute atomic E-state index is 12.8. The van der Waals surface area contributed by atoms with Crippen LogP contribution >= 0.6 is 0 Å². The lowest BCUT2D eigenvalue weighted by Crippen LogP contribution is -2.16. The fraction of sp³-hybridized carbons (Fsp3) is 0.455. The minimum atomic E-state index is -4.61. The van der Waals surface area contributed by atoms with Crippen molar-refractivity contribution in [2.24, 2.45) is 0 Å². The fourth-order valence-electron chi connectivity index (χ4n) is 1.81. The number of rotatable bonds is 2. The molecule has 1 aliphatic carbocycles. The van der Waals surface area contributed by atoms with Gasteiger partial charge in [0.05, 0.1) is 18.3 Å². The highest BCUT2D eigenvalue weighted by molar-refractivity contribution is 5.55. The Balaban J connectivity index is 2.65. The third-order valence-electron chi connectivity index (χ3n) is 2.86. The first-order valence-electron chi connectivity index (χ1n) is 4.99. The molecule has 0 atom stereocenters. The third-order valence-corrected chi connectivity index (χ3v) is 2.86. The SMILES string of the molecule is COc1ccc(C(F)(F)F)c(C2(O)CC2)c1O. The molecule has 1 fully saturated rings. The highest BCUT2D eigenvalue weighted by Gasteiger charge is 2.50. The Morgan fingerprint density at radius 3 is 2.29 bits per heavy atom. The largest absolute Gasteiger partial charge is 0.504 e. The second-order valence-electron chi connectivity index (χ2n) is 4.07. The number of benzene rings is 1. The number of aromatic hydroxyl groups is 1. The first-order chi connectivity index (χ1) is 7.79. The van der Waals surface area contributed by atoms with Gasteiger partial charge in [-0.2, -0.15) is 13.2 Å². The normalized spacial score (nSPS) is 17.9. The highest BCUT2D eigenvalue weighted by Crippen LogP contribution is 2.54. The summed E-state index contributed by atoms with van der Waals surface area (Å²) < 4.78 is 43.0. The monoisotopic (exact) mass is 248 g/mol. The first-order valence-corrected chi connectivity index (χ1v) is 4.99. The Bertz CT molecular complexity index is 450. The number of hydrogen-bond acceptors (Lipinski definition) is 3. The third kappa shape index (κ3) is 1.93. The summed E-state index contributed by atoms with van der Waals surface area (Å²) in [5, 5.41) is 19.6. The van der Waals surface area contributed by atoms with Gasteiger partial charge in [-0.3, -0.25) is 0 Å². The Kier molecular flexibility index (Phi) is 2.50. The molecular weight excluding hydrogens is 237 g/mol. The van der Waals surface area contributed by atoms with E-state index in [2.05, 4.69) is 0 Å². The number of hydrogen-bond donors (Lipinski definition) is 2. The Hall–Kier alpha value is -1.43. The van der Waals surface area contributed by atoms with E-state index in [0.717, 1.165) is 12.1 Å². The zero-order valence-corrected chi connectivity index (χ0v) is 9.01. The lowest BCUT2D eigenvalue weighted by molar-refractivity contribution is -0.139. The lowest BCUT2D eigenvalue weighted by atomic mass is 9.98. The molecule has 0 heterocycles. The van der Waals surface area contributed by atoms with Crippen molar-refractivity contribution in [3.63, 3.8) is 0 Å². The summed E-state index contributed by atoms with van der Waals surface area (Å²) in [7, 11) is 1.24. The van der Waals surface area contributed by atoms with E-state index in [-0.39, 0.29) is 18.6 Å². The minimum Gasteiger partial charge on any atom is -0.504 e. The second kappa shape index (κ2) is 3.53. The van der Waals surface area contributed by atoms with E-state index in [4.69, 9.17) is 4.74 Å². The van der Waals surface area contributed by atoms with Gasteiger partial charge in [0, 0.05) is 5.56 Å². The van der Waals surface area contributed by atoms with Crippen molar-refractivity contribution >= 4 is 0 Å². The van der Waals surface area contributed by atoms with Crippen molar-refractivity contribution in [1.82, 2.24) is 0 Å². The van der Waals surface area contributed by atoms with E-state index >= 15 is 0 Å². The van der Waals surface area contributed by atoms with Crippen molar-refractivity contribution in [3.05, 3.63) is 23.3 Å². The predicted octanol–water partition coefficient (Wildman–Crippen LogP) is 2.40. The van der Waals surface area contributed by atoms with Crippen molar-refractivity contribution in [3.8, 4) is 11.5 Å². The summed E-state index contributed by atoms with van der Waals surface area (Å²) >= 11 is 0. The van der Waals surface area contributed by atoms with Crippen molar-refractivity contribution in [2.45, 2.75) is 24.6 Å². The predicted molar refractivity (Wildman–Crippen MR) is 52.8 cm³/mol. The van der Waals surface area contributed by atoms with Gasteiger partial charge in [-0.05, 0) is 25.0 Å². The van der Waals surface area contributed by atoms with Gasteiger partial charge in [0.1, 0.15) is 0 Å². The average molecular weight is 248 g/mol. The molecule has 0 saturated heterocycles. The molecule has 0 radical (unpaired) electrons. The number of ether oxygens (including phenoxy) is 1. The summed E-state index contributed by atoms with van der Waals surface area (Å²) in [6.45, 7) is 0. The van der Waals surface area contributed by atoms with Gasteiger partial charge in [0.15, 0.2) is 11.5 Å². The molecular formula is C11H11F3O3. The zero-order chi connectivity index (χ0) is 12.8. The molecule has 6 heteroatoms. The highest BCUT2D eigenvalue weighted by atomic mass is 19.4. The van der Waals surface area contributed by atoms with E-state index < -0.39 is 28.7 Å². The van der Waals surface area contributed by atoms with Crippen molar-refractivity contribution < 1.29 is 28.1 Å². The van der Waals surface area contributed by atoms with Gasteiger partial charge in [0.2, 0.25) is 0 Å². The molecule has 1 aromatic carbocycles. The molecule has 0 aliphatic heterocycles. The number of alkyl halides is 3. The van der Waals surface area contributed by atoms with Crippen LogP contribution in [0.2, 0.25) is 0 Å². The van der Waals surface area contributed by atoms with Crippen LogP contribution in [0.1, 0.15) is 24.0 Å². The average Bonchev–Trinajstić information content (AvgIpc) is 2.95. The molecule has 17 heavy (non-hydrogen) atoms. The molecule has 0 bridgehead atoms. The van der Waals surface area contributed by atoms with Crippen LogP contribution in [0.25, 0.3) is 0 Å². The summed E-state index contributed by atoms with van der Waals surface area (Å²) in [5.74, 6) is -0.712. The molecule has 1 aromatic rings. The molecule has 1 saturated carbocycles. The summed E-state index contributed by atoms with van der Waals surface area (Å²) in [6.07, 6.45) is -4.20. The number of phenolic OH excluding ortho intramolecular Hbond substituents is 1. The van der Waals surface area contributed by atoms with E-state index in [9.17, 15) is 23.4 Å². The van der Waals surface area contributed by atoms with Gasteiger partial charge in [-0.1, -0.05) is 0 Å². The summed E-state index contributed by atoms with van der Waals surface area (Å²) in [4.78, 5) is 0. The number of aliphatic hydroxyl groups is 1. The summed E-state index contributed by atoms with van der Waals surface area (Å²) in [5.41, 5.74) is -3.08. The van der Waals surface area contributed by atoms with Crippen molar-refractivity contribution in [2.75, 3.05) is 7.11 Å². The number of methoxy groups -OCH3 is 1. The molecule has 94 valence electrons. The van der Waals surface area contributed by atoms with Crippen LogP contribution in [-0.2, 0) is 11.8 Å². The quantitative estimate of drug-likeness (QED) is 0.844. The van der Waals surface area contributed by atoms with E-state index in [1.165, 1.54) is 7.11 Å². The maximum Gasteiger partial charge on any atom is 0.416 e. The van der Waals surface area contributed by atoms with Crippen LogP contribution in [0, 0.1) is 0 Å². The molecule has 0 amide bonds. The van der Waals surface area contributed by atoms with Gasteiger partial charge >= 0.3 is 6.18 Å². The van der Waals surface area contributed by atoms with Crippen LogP contribution in [-0.4, -0.2) is 17.3 Å². The van der Waals surface area contributed by atoms with Gasteiger partial charge < -0.3 is 14.9 Å². The van der Waals surface area contributed by atoms with Crippen molar-refractivity contribution in [1.29, 1.82) is 0 Å².